The molecule has 26 heavy (non-hydrogen) atoms. The highest BCUT2D eigenvalue weighted by atomic mass is 35.5. The van der Waals surface area contributed by atoms with Gasteiger partial charge in [0.1, 0.15) is 5.82 Å². The molecule has 0 spiro atoms. The predicted molar refractivity (Wildman–Crippen MR) is 104 cm³/mol. The first-order chi connectivity index (χ1) is 12.5. The Kier molecular flexibility index (Phi) is 5.74. The number of rotatable bonds is 6. The fraction of sp³-hybridized carbons (Fsp3) is 0.238. The minimum Gasteiger partial charge on any atom is -0.345 e. The highest BCUT2D eigenvalue weighted by molar-refractivity contribution is 6.30. The average Bonchev–Trinajstić information content (AvgIpc) is 3.06. The van der Waals surface area contributed by atoms with Gasteiger partial charge >= 0.3 is 0 Å². The topological polar surface area (TPSA) is 49.0 Å². The van der Waals surface area contributed by atoms with E-state index in [0.29, 0.717) is 18.0 Å². The molecule has 5 heteroatoms. The zero-order valence-electron chi connectivity index (χ0n) is 14.9. The minimum absolute atomic E-state index is 0.0123. The van der Waals surface area contributed by atoms with E-state index in [1.54, 1.807) is 11.1 Å². The summed E-state index contributed by atoms with van der Waals surface area (Å²) in [6.07, 6.45) is 2.16. The molecule has 1 aromatic heterocycles. The molecule has 1 heterocycles. The van der Waals surface area contributed by atoms with Crippen molar-refractivity contribution < 1.29 is 4.79 Å². The second-order valence-electron chi connectivity index (χ2n) is 6.48. The molecular weight excluding hydrogens is 346 g/mol. The van der Waals surface area contributed by atoms with Gasteiger partial charge in [-0.3, -0.25) is 4.79 Å². The second kappa shape index (κ2) is 8.19. The van der Waals surface area contributed by atoms with Gasteiger partial charge in [-0.2, -0.15) is 0 Å². The Labute approximate surface area is 158 Å². The highest BCUT2D eigenvalue weighted by Gasteiger charge is 2.21. The zero-order chi connectivity index (χ0) is 18.5. The molecule has 1 atom stereocenters. The van der Waals surface area contributed by atoms with Crippen LogP contribution in [0.3, 0.4) is 0 Å². The van der Waals surface area contributed by atoms with Gasteiger partial charge in [-0.15, -0.1) is 0 Å². The molecule has 0 fully saturated rings. The van der Waals surface area contributed by atoms with Gasteiger partial charge in [0.05, 0.1) is 6.54 Å². The Morgan fingerprint density at radius 2 is 1.77 bits per heavy atom. The van der Waals surface area contributed by atoms with Gasteiger partial charge in [0, 0.05) is 36.3 Å². The van der Waals surface area contributed by atoms with Crippen LogP contribution in [0.4, 0.5) is 0 Å². The number of amides is 1. The number of nitrogens with zero attached hydrogens (tertiary/aromatic N) is 2. The summed E-state index contributed by atoms with van der Waals surface area (Å²) in [6.45, 7) is 2.42. The van der Waals surface area contributed by atoms with Crippen LogP contribution < -0.4 is 0 Å². The molecule has 1 unspecified atom stereocenters. The molecule has 1 amide bonds. The van der Waals surface area contributed by atoms with Crippen LogP contribution in [-0.4, -0.2) is 27.8 Å². The molecule has 3 rings (SSSR count). The van der Waals surface area contributed by atoms with Crippen LogP contribution >= 0.6 is 11.6 Å². The number of carbonyl (C=O) groups excluding carboxylic acids is 1. The smallest absolute Gasteiger partial charge is 0.223 e. The number of aromatic nitrogens is 2. The molecule has 0 aliphatic rings. The van der Waals surface area contributed by atoms with Crippen molar-refractivity contribution >= 4 is 17.5 Å². The summed E-state index contributed by atoms with van der Waals surface area (Å²) in [5.74, 6) is 0.853. The maximum absolute atomic E-state index is 12.8. The number of halogens is 1. The number of benzene rings is 2. The van der Waals surface area contributed by atoms with Crippen LogP contribution in [0.15, 0.2) is 60.8 Å². The number of nitrogens with one attached hydrogen (secondary N) is 1. The molecule has 134 valence electrons. The van der Waals surface area contributed by atoms with Gasteiger partial charge in [-0.05, 0) is 30.2 Å². The average molecular weight is 368 g/mol. The Hall–Kier alpha value is -2.59. The molecule has 0 aliphatic carbocycles. The largest absolute Gasteiger partial charge is 0.345 e. The normalized spacial score (nSPS) is 12.0. The third kappa shape index (κ3) is 4.52. The van der Waals surface area contributed by atoms with Crippen LogP contribution in [-0.2, 0) is 11.3 Å². The summed E-state index contributed by atoms with van der Waals surface area (Å²) in [6, 6.07) is 17.8. The van der Waals surface area contributed by atoms with E-state index in [-0.39, 0.29) is 11.8 Å². The molecule has 0 aliphatic heterocycles. The highest BCUT2D eigenvalue weighted by Crippen LogP contribution is 2.29. The van der Waals surface area contributed by atoms with Gasteiger partial charge in [-0.1, -0.05) is 54.1 Å². The third-order valence-electron chi connectivity index (χ3n) is 4.42. The van der Waals surface area contributed by atoms with Gasteiger partial charge < -0.3 is 9.88 Å². The van der Waals surface area contributed by atoms with Crippen LogP contribution in [0.25, 0.3) is 0 Å². The molecule has 3 aromatic rings. The van der Waals surface area contributed by atoms with Crippen molar-refractivity contribution in [2.75, 3.05) is 7.05 Å². The molecule has 4 nitrogen and oxygen atoms in total. The van der Waals surface area contributed by atoms with Gasteiger partial charge in [0.15, 0.2) is 0 Å². The molecule has 0 radical (unpaired) electrons. The fourth-order valence-electron chi connectivity index (χ4n) is 3.00. The zero-order valence-corrected chi connectivity index (χ0v) is 15.7. The quantitative estimate of drug-likeness (QED) is 0.694. The number of aromatic amines is 1. The number of carbonyl (C=O) groups is 1. The first-order valence-electron chi connectivity index (χ1n) is 8.58. The van der Waals surface area contributed by atoms with Crippen LogP contribution in [0.5, 0.6) is 0 Å². The summed E-state index contributed by atoms with van der Waals surface area (Å²) >= 11 is 6.03. The summed E-state index contributed by atoms with van der Waals surface area (Å²) in [4.78, 5) is 22.0. The molecule has 1 N–H and O–H groups in total. The van der Waals surface area contributed by atoms with Crippen molar-refractivity contribution in [3.63, 3.8) is 0 Å². The lowest BCUT2D eigenvalue weighted by Crippen LogP contribution is -2.28. The Morgan fingerprint density at radius 3 is 2.38 bits per heavy atom. The number of hydrogen-bond acceptors (Lipinski definition) is 2. The maximum atomic E-state index is 12.8. The second-order valence-corrected chi connectivity index (χ2v) is 6.92. The number of hydrogen-bond donors (Lipinski definition) is 1. The lowest BCUT2D eigenvalue weighted by molar-refractivity contribution is -0.130. The van der Waals surface area contributed by atoms with E-state index in [9.17, 15) is 4.79 Å². The molecule has 2 aromatic carbocycles. The SMILES string of the molecule is Cc1cnc(CN(C)C(=O)CC(c2ccccc2)c2ccc(Cl)cc2)[nH]1. The number of aryl methyl sites for hydroxylation is 1. The van der Waals surface area contributed by atoms with Crippen molar-refractivity contribution in [1.29, 1.82) is 0 Å². The lowest BCUT2D eigenvalue weighted by Gasteiger charge is -2.22. The lowest BCUT2D eigenvalue weighted by atomic mass is 9.88. The Balaban J connectivity index is 1.78. The minimum atomic E-state index is -0.0123. The summed E-state index contributed by atoms with van der Waals surface area (Å²) in [5.41, 5.74) is 3.19. The standard InChI is InChI=1S/C21H22ClN3O/c1-15-13-23-20(24-15)14-25(2)21(26)12-19(16-6-4-3-5-7-16)17-8-10-18(22)11-9-17/h3-11,13,19H,12,14H2,1-2H3,(H,23,24). The Morgan fingerprint density at radius 1 is 1.12 bits per heavy atom. The molecular formula is C21H22ClN3O. The van der Waals surface area contributed by atoms with E-state index in [4.69, 9.17) is 11.6 Å². The van der Waals surface area contributed by atoms with E-state index in [1.165, 1.54) is 0 Å². The first-order valence-corrected chi connectivity index (χ1v) is 8.95. The van der Waals surface area contributed by atoms with Crippen molar-refractivity contribution in [3.8, 4) is 0 Å². The van der Waals surface area contributed by atoms with Gasteiger partial charge in [0.25, 0.3) is 0 Å². The van der Waals surface area contributed by atoms with E-state index < -0.39 is 0 Å². The number of H-pyrrole nitrogens is 1. The predicted octanol–water partition coefficient (Wildman–Crippen LogP) is 4.55. The van der Waals surface area contributed by atoms with Crippen LogP contribution in [0.2, 0.25) is 5.02 Å². The maximum Gasteiger partial charge on any atom is 0.223 e. The monoisotopic (exact) mass is 367 g/mol. The fourth-order valence-corrected chi connectivity index (χ4v) is 3.13. The third-order valence-corrected chi connectivity index (χ3v) is 4.67. The van der Waals surface area contributed by atoms with E-state index in [1.807, 2.05) is 56.4 Å². The van der Waals surface area contributed by atoms with Crippen LogP contribution in [0.1, 0.15) is 35.0 Å². The van der Waals surface area contributed by atoms with Crippen molar-refractivity contribution in [2.45, 2.75) is 25.8 Å². The van der Waals surface area contributed by atoms with Gasteiger partial charge in [-0.25, -0.2) is 4.98 Å². The summed E-state index contributed by atoms with van der Waals surface area (Å²) in [7, 11) is 1.81. The summed E-state index contributed by atoms with van der Waals surface area (Å²) < 4.78 is 0. The Bertz CT molecular complexity index is 858. The summed E-state index contributed by atoms with van der Waals surface area (Å²) in [5, 5.41) is 0.692. The molecule has 0 bridgehead atoms. The van der Waals surface area contributed by atoms with Gasteiger partial charge in [0.2, 0.25) is 5.91 Å². The number of imidazole rings is 1. The van der Waals surface area contributed by atoms with E-state index in [0.717, 1.165) is 22.6 Å². The van der Waals surface area contributed by atoms with E-state index in [2.05, 4.69) is 22.1 Å². The van der Waals surface area contributed by atoms with Crippen LogP contribution in [0, 0.1) is 6.92 Å². The molecule has 0 saturated heterocycles. The van der Waals surface area contributed by atoms with E-state index >= 15 is 0 Å². The van der Waals surface area contributed by atoms with Crippen molar-refractivity contribution in [2.24, 2.45) is 0 Å². The van der Waals surface area contributed by atoms with Crippen molar-refractivity contribution in [1.82, 2.24) is 14.9 Å². The first kappa shape index (κ1) is 18.2. The molecule has 0 saturated carbocycles. The van der Waals surface area contributed by atoms with Crippen molar-refractivity contribution in [3.05, 3.63) is 88.5 Å².